The highest BCUT2D eigenvalue weighted by molar-refractivity contribution is 9.10. The molecule has 118 valence electrons. The summed E-state index contributed by atoms with van der Waals surface area (Å²) >= 11 is 3.20. The summed E-state index contributed by atoms with van der Waals surface area (Å²) < 4.78 is 33.4. The molecular formula is C15H11BrN2O4S. The smallest absolute Gasteiger partial charge is 0.286 e. The van der Waals surface area contributed by atoms with Gasteiger partial charge in [0.25, 0.3) is 15.9 Å². The summed E-state index contributed by atoms with van der Waals surface area (Å²) in [5, 5.41) is 0.455. The minimum absolute atomic E-state index is 0.0313. The Balaban J connectivity index is 2.16. The minimum atomic E-state index is -3.93. The number of para-hydroxylation sites is 1. The van der Waals surface area contributed by atoms with Gasteiger partial charge in [0.05, 0.1) is 0 Å². The number of anilines is 1. The summed E-state index contributed by atoms with van der Waals surface area (Å²) in [5.74, 6) is -1.09. The predicted molar refractivity (Wildman–Crippen MR) is 89.7 cm³/mol. The largest absolute Gasteiger partial charge is 0.449 e. The lowest BCUT2D eigenvalue weighted by Gasteiger charge is -2.09. The number of hydrogen-bond acceptors (Lipinski definition) is 4. The van der Waals surface area contributed by atoms with Gasteiger partial charge in [-0.2, -0.15) is 0 Å². The van der Waals surface area contributed by atoms with Crippen molar-refractivity contribution < 1.29 is 17.6 Å². The number of carbonyl (C=O) groups is 1. The highest BCUT2D eigenvalue weighted by Gasteiger charge is 2.25. The van der Waals surface area contributed by atoms with Crippen LogP contribution in [0.3, 0.4) is 0 Å². The molecule has 0 aliphatic rings. The summed E-state index contributed by atoms with van der Waals surface area (Å²) in [6, 6.07) is 13.0. The van der Waals surface area contributed by atoms with Crippen molar-refractivity contribution in [1.29, 1.82) is 0 Å². The van der Waals surface area contributed by atoms with Gasteiger partial charge in [-0.15, -0.1) is 0 Å². The molecule has 2 aromatic carbocycles. The fourth-order valence-electron chi connectivity index (χ4n) is 2.17. The molecule has 1 aromatic heterocycles. The summed E-state index contributed by atoms with van der Waals surface area (Å²) in [4.78, 5) is 11.6. The zero-order valence-electron chi connectivity index (χ0n) is 11.6. The lowest BCUT2D eigenvalue weighted by atomic mass is 10.2. The molecule has 0 aliphatic heterocycles. The SMILES string of the molecule is NC(=O)c1oc2ccccc2c1NS(=O)(=O)c1ccccc1Br. The van der Waals surface area contributed by atoms with Crippen LogP contribution in [0.4, 0.5) is 5.69 Å². The number of primary amides is 1. The fourth-order valence-corrected chi connectivity index (χ4v) is 4.26. The molecule has 0 saturated heterocycles. The first kappa shape index (κ1) is 15.6. The summed E-state index contributed by atoms with van der Waals surface area (Å²) in [6.45, 7) is 0. The average molecular weight is 395 g/mol. The number of benzene rings is 2. The second kappa shape index (κ2) is 5.71. The van der Waals surface area contributed by atoms with E-state index in [0.29, 0.717) is 15.4 Å². The Morgan fingerprint density at radius 3 is 2.43 bits per heavy atom. The van der Waals surface area contributed by atoms with Gasteiger partial charge in [0.15, 0.2) is 0 Å². The van der Waals surface area contributed by atoms with Crippen molar-refractivity contribution in [1.82, 2.24) is 0 Å². The van der Waals surface area contributed by atoms with E-state index in [1.165, 1.54) is 6.07 Å². The molecule has 0 atom stereocenters. The van der Waals surface area contributed by atoms with Gasteiger partial charge >= 0.3 is 0 Å². The van der Waals surface area contributed by atoms with Crippen LogP contribution in [0.5, 0.6) is 0 Å². The number of furan rings is 1. The molecule has 6 nitrogen and oxygen atoms in total. The van der Waals surface area contributed by atoms with Crippen molar-refractivity contribution in [2.45, 2.75) is 4.90 Å². The average Bonchev–Trinajstić information content (AvgIpc) is 2.86. The van der Waals surface area contributed by atoms with Gasteiger partial charge in [-0.3, -0.25) is 9.52 Å². The van der Waals surface area contributed by atoms with E-state index in [9.17, 15) is 13.2 Å². The third-order valence-electron chi connectivity index (χ3n) is 3.18. The van der Waals surface area contributed by atoms with Crippen molar-refractivity contribution in [3.05, 3.63) is 58.8 Å². The molecule has 1 amide bonds. The zero-order valence-corrected chi connectivity index (χ0v) is 14.0. The number of halogens is 1. The Hall–Kier alpha value is -2.32. The highest BCUT2D eigenvalue weighted by atomic mass is 79.9. The first-order valence-corrected chi connectivity index (χ1v) is 8.76. The van der Waals surface area contributed by atoms with Crippen molar-refractivity contribution in [3.8, 4) is 0 Å². The fraction of sp³-hybridized carbons (Fsp3) is 0. The number of sulfonamides is 1. The van der Waals surface area contributed by atoms with E-state index in [2.05, 4.69) is 20.7 Å². The van der Waals surface area contributed by atoms with Crippen LogP contribution in [0.2, 0.25) is 0 Å². The first-order chi connectivity index (χ1) is 10.9. The van der Waals surface area contributed by atoms with Crippen LogP contribution in [0.15, 0.2) is 62.3 Å². The Morgan fingerprint density at radius 1 is 1.09 bits per heavy atom. The molecule has 23 heavy (non-hydrogen) atoms. The molecule has 0 fully saturated rings. The molecule has 0 aliphatic carbocycles. The van der Waals surface area contributed by atoms with Crippen LogP contribution in [0, 0.1) is 0 Å². The van der Waals surface area contributed by atoms with E-state index >= 15 is 0 Å². The zero-order chi connectivity index (χ0) is 16.6. The van der Waals surface area contributed by atoms with Crippen molar-refractivity contribution in [2.75, 3.05) is 4.72 Å². The maximum atomic E-state index is 12.6. The lowest BCUT2D eigenvalue weighted by Crippen LogP contribution is -2.17. The topological polar surface area (TPSA) is 102 Å². The third-order valence-corrected chi connectivity index (χ3v) is 5.54. The molecule has 0 saturated carbocycles. The number of amides is 1. The first-order valence-electron chi connectivity index (χ1n) is 6.49. The van der Waals surface area contributed by atoms with E-state index < -0.39 is 15.9 Å². The Bertz CT molecular complexity index is 1010. The van der Waals surface area contributed by atoms with Crippen LogP contribution in [-0.2, 0) is 10.0 Å². The van der Waals surface area contributed by atoms with E-state index in [1.54, 1.807) is 42.5 Å². The van der Waals surface area contributed by atoms with Crippen LogP contribution in [-0.4, -0.2) is 14.3 Å². The quantitative estimate of drug-likeness (QED) is 0.709. The summed E-state index contributed by atoms with van der Waals surface area (Å²) in [7, 11) is -3.93. The van der Waals surface area contributed by atoms with Crippen molar-refractivity contribution >= 4 is 48.5 Å². The maximum absolute atomic E-state index is 12.6. The number of nitrogens with two attached hydrogens (primary N) is 1. The van der Waals surface area contributed by atoms with Gasteiger partial charge in [-0.1, -0.05) is 24.3 Å². The Kier molecular flexibility index (Phi) is 3.87. The van der Waals surface area contributed by atoms with Crippen LogP contribution in [0.25, 0.3) is 11.0 Å². The second-order valence-electron chi connectivity index (χ2n) is 4.70. The number of hydrogen-bond donors (Lipinski definition) is 2. The second-order valence-corrected chi connectivity index (χ2v) is 7.21. The van der Waals surface area contributed by atoms with Gasteiger partial charge in [-0.25, -0.2) is 8.42 Å². The number of nitrogens with one attached hydrogen (secondary N) is 1. The monoisotopic (exact) mass is 394 g/mol. The van der Waals surface area contributed by atoms with Gasteiger partial charge < -0.3 is 10.2 Å². The Labute approximate surface area is 140 Å². The summed E-state index contributed by atoms with van der Waals surface area (Å²) in [5.41, 5.74) is 5.69. The third kappa shape index (κ3) is 2.82. The van der Waals surface area contributed by atoms with Gasteiger partial charge in [0, 0.05) is 9.86 Å². The van der Waals surface area contributed by atoms with Crippen LogP contribution < -0.4 is 10.5 Å². The van der Waals surface area contributed by atoms with Gasteiger partial charge in [-0.05, 0) is 40.2 Å². The number of rotatable bonds is 4. The van der Waals surface area contributed by atoms with Crippen molar-refractivity contribution in [3.63, 3.8) is 0 Å². The molecule has 3 rings (SSSR count). The van der Waals surface area contributed by atoms with E-state index in [0.717, 1.165) is 0 Å². The van der Waals surface area contributed by atoms with Crippen molar-refractivity contribution in [2.24, 2.45) is 5.73 Å². The van der Waals surface area contributed by atoms with E-state index in [1.807, 2.05) is 0 Å². The normalized spacial score (nSPS) is 11.5. The molecule has 1 heterocycles. The summed E-state index contributed by atoms with van der Waals surface area (Å²) in [6.07, 6.45) is 0. The van der Waals surface area contributed by atoms with Crippen LogP contribution >= 0.6 is 15.9 Å². The van der Waals surface area contributed by atoms with Gasteiger partial charge in [0.1, 0.15) is 16.2 Å². The number of carbonyl (C=O) groups excluding carboxylic acids is 1. The maximum Gasteiger partial charge on any atom is 0.286 e. The molecule has 0 bridgehead atoms. The standard InChI is InChI=1S/C15H11BrN2O4S/c16-10-6-2-4-8-12(10)23(20,21)18-13-9-5-1-3-7-11(9)22-14(13)15(17)19/h1-8,18H,(H2,17,19). The van der Waals surface area contributed by atoms with E-state index in [-0.39, 0.29) is 16.3 Å². The molecule has 3 N–H and O–H groups in total. The lowest BCUT2D eigenvalue weighted by molar-refractivity contribution is 0.0977. The minimum Gasteiger partial charge on any atom is -0.449 e. The van der Waals surface area contributed by atoms with Gasteiger partial charge in [0.2, 0.25) is 5.76 Å². The molecule has 0 radical (unpaired) electrons. The molecule has 3 aromatic rings. The molecule has 0 spiro atoms. The van der Waals surface area contributed by atoms with E-state index in [4.69, 9.17) is 10.2 Å². The van der Waals surface area contributed by atoms with Crippen LogP contribution in [0.1, 0.15) is 10.6 Å². The Morgan fingerprint density at radius 2 is 1.74 bits per heavy atom. The highest BCUT2D eigenvalue weighted by Crippen LogP contribution is 2.33. The number of fused-ring (bicyclic) bond motifs is 1. The molecule has 8 heteroatoms. The molecular weight excluding hydrogens is 384 g/mol. The predicted octanol–water partition coefficient (Wildman–Crippen LogP) is 3.10. The molecule has 0 unspecified atom stereocenters.